The molecule has 1 saturated carbocycles. The SMILES string of the molecule is COC(=O)C1(NS(=O)(=O)N(CCC(C)C)CCC(C)C)CCCC1. The second-order valence-electron chi connectivity index (χ2n) is 7.65. The van der Waals surface area contributed by atoms with E-state index >= 15 is 0 Å². The maximum atomic E-state index is 12.9. The van der Waals surface area contributed by atoms with E-state index in [9.17, 15) is 13.2 Å². The van der Waals surface area contributed by atoms with Crippen LogP contribution in [0.4, 0.5) is 0 Å². The summed E-state index contributed by atoms with van der Waals surface area (Å²) in [5.41, 5.74) is -1.10. The minimum atomic E-state index is -3.73. The summed E-state index contributed by atoms with van der Waals surface area (Å²) in [6.07, 6.45) is 4.25. The van der Waals surface area contributed by atoms with Crippen LogP contribution in [-0.2, 0) is 19.7 Å². The number of nitrogens with one attached hydrogen (secondary N) is 1. The van der Waals surface area contributed by atoms with Gasteiger partial charge >= 0.3 is 5.97 Å². The second kappa shape index (κ2) is 9.15. The number of carbonyl (C=O) groups is 1. The monoisotopic (exact) mass is 362 g/mol. The minimum Gasteiger partial charge on any atom is -0.468 e. The van der Waals surface area contributed by atoms with Gasteiger partial charge in [0.25, 0.3) is 10.2 Å². The fourth-order valence-electron chi connectivity index (χ4n) is 2.99. The molecule has 24 heavy (non-hydrogen) atoms. The van der Waals surface area contributed by atoms with Crippen LogP contribution in [-0.4, -0.2) is 44.4 Å². The molecule has 1 rings (SSSR count). The molecule has 0 aliphatic heterocycles. The number of hydrogen-bond donors (Lipinski definition) is 1. The standard InChI is InChI=1S/C17H34N2O4S/c1-14(2)8-12-19(13-9-15(3)4)24(21,22)18-17(16(20)23-5)10-6-7-11-17/h14-15,18H,6-13H2,1-5H3. The smallest absolute Gasteiger partial charge is 0.327 e. The van der Waals surface area contributed by atoms with Gasteiger partial charge in [-0.3, -0.25) is 4.79 Å². The summed E-state index contributed by atoms with van der Waals surface area (Å²) in [4.78, 5) is 12.2. The fourth-order valence-corrected chi connectivity index (χ4v) is 4.59. The quantitative estimate of drug-likeness (QED) is 0.606. The van der Waals surface area contributed by atoms with Crippen molar-refractivity contribution in [2.45, 2.75) is 71.8 Å². The van der Waals surface area contributed by atoms with E-state index in [1.807, 2.05) is 0 Å². The van der Waals surface area contributed by atoms with Crippen LogP contribution in [0.3, 0.4) is 0 Å². The summed E-state index contributed by atoms with van der Waals surface area (Å²) < 4.78 is 35.0. The van der Waals surface area contributed by atoms with Crippen LogP contribution in [0.2, 0.25) is 0 Å². The molecule has 1 N–H and O–H groups in total. The predicted molar refractivity (Wildman–Crippen MR) is 95.8 cm³/mol. The van der Waals surface area contributed by atoms with Crippen molar-refractivity contribution in [3.8, 4) is 0 Å². The molecule has 1 fully saturated rings. The van der Waals surface area contributed by atoms with Gasteiger partial charge in [0.05, 0.1) is 7.11 Å². The lowest BCUT2D eigenvalue weighted by Gasteiger charge is -2.31. The van der Waals surface area contributed by atoms with Gasteiger partial charge in [-0.25, -0.2) is 0 Å². The largest absolute Gasteiger partial charge is 0.468 e. The number of rotatable bonds is 10. The van der Waals surface area contributed by atoms with E-state index < -0.39 is 21.7 Å². The summed E-state index contributed by atoms with van der Waals surface area (Å²) in [6.45, 7) is 9.25. The highest BCUT2D eigenvalue weighted by Crippen LogP contribution is 2.32. The van der Waals surface area contributed by atoms with Crippen molar-refractivity contribution in [2.24, 2.45) is 11.8 Å². The summed E-state index contributed by atoms with van der Waals surface area (Å²) in [5, 5.41) is 0. The summed E-state index contributed by atoms with van der Waals surface area (Å²) >= 11 is 0. The molecule has 0 radical (unpaired) electrons. The number of nitrogens with zero attached hydrogens (tertiary/aromatic N) is 1. The van der Waals surface area contributed by atoms with Gasteiger partial charge in [-0.2, -0.15) is 17.4 Å². The molecule has 0 heterocycles. The first-order chi connectivity index (χ1) is 11.1. The van der Waals surface area contributed by atoms with E-state index in [0.717, 1.165) is 25.7 Å². The van der Waals surface area contributed by atoms with E-state index in [0.29, 0.717) is 37.8 Å². The fraction of sp³-hybridized carbons (Fsp3) is 0.941. The lowest BCUT2D eigenvalue weighted by atomic mass is 10.00. The zero-order valence-corrected chi connectivity index (χ0v) is 16.6. The molecule has 0 bridgehead atoms. The Morgan fingerprint density at radius 1 is 1.08 bits per heavy atom. The van der Waals surface area contributed by atoms with Crippen LogP contribution in [0.1, 0.15) is 66.2 Å². The lowest BCUT2D eigenvalue weighted by molar-refractivity contribution is -0.147. The average Bonchev–Trinajstić information content (AvgIpc) is 2.94. The predicted octanol–water partition coefficient (Wildman–Crippen LogP) is 2.70. The Bertz CT molecular complexity index is 485. The number of carbonyl (C=O) groups excluding carboxylic acids is 1. The third-order valence-electron chi connectivity index (χ3n) is 4.61. The van der Waals surface area contributed by atoms with Crippen LogP contribution < -0.4 is 4.72 Å². The van der Waals surface area contributed by atoms with E-state index in [2.05, 4.69) is 32.4 Å². The van der Waals surface area contributed by atoms with Crippen molar-refractivity contribution >= 4 is 16.2 Å². The molecule has 0 aromatic carbocycles. The zero-order chi connectivity index (χ0) is 18.4. The topological polar surface area (TPSA) is 75.7 Å². The molecular weight excluding hydrogens is 328 g/mol. The van der Waals surface area contributed by atoms with Crippen LogP contribution >= 0.6 is 0 Å². The minimum absolute atomic E-state index is 0.419. The van der Waals surface area contributed by atoms with Crippen molar-refractivity contribution in [1.29, 1.82) is 0 Å². The number of esters is 1. The third-order valence-corrected chi connectivity index (χ3v) is 6.30. The van der Waals surface area contributed by atoms with Crippen LogP contribution in [0, 0.1) is 11.8 Å². The van der Waals surface area contributed by atoms with E-state index in [1.54, 1.807) is 0 Å². The van der Waals surface area contributed by atoms with Gasteiger partial charge in [-0.05, 0) is 37.5 Å². The first kappa shape index (κ1) is 21.4. The highest BCUT2D eigenvalue weighted by Gasteiger charge is 2.46. The Morgan fingerprint density at radius 3 is 1.92 bits per heavy atom. The lowest BCUT2D eigenvalue weighted by Crippen LogP contribution is -2.57. The molecule has 0 amide bonds. The van der Waals surface area contributed by atoms with E-state index in [4.69, 9.17) is 4.74 Å². The van der Waals surface area contributed by atoms with Gasteiger partial charge in [0.15, 0.2) is 0 Å². The molecule has 0 aromatic heterocycles. The molecule has 6 nitrogen and oxygen atoms in total. The highest BCUT2D eigenvalue weighted by molar-refractivity contribution is 7.87. The van der Waals surface area contributed by atoms with Crippen molar-refractivity contribution in [3.05, 3.63) is 0 Å². The molecule has 142 valence electrons. The molecule has 1 aliphatic rings. The summed E-state index contributed by atoms with van der Waals surface area (Å²) in [7, 11) is -2.42. The Morgan fingerprint density at radius 2 is 1.54 bits per heavy atom. The molecule has 0 atom stereocenters. The molecule has 0 aromatic rings. The normalized spacial score (nSPS) is 17.8. The maximum Gasteiger partial charge on any atom is 0.327 e. The average molecular weight is 363 g/mol. The van der Waals surface area contributed by atoms with E-state index in [-0.39, 0.29) is 0 Å². The van der Waals surface area contributed by atoms with E-state index in [1.165, 1.54) is 11.4 Å². The zero-order valence-electron chi connectivity index (χ0n) is 15.8. The number of hydrogen-bond acceptors (Lipinski definition) is 4. The first-order valence-corrected chi connectivity index (χ1v) is 10.4. The van der Waals surface area contributed by atoms with Crippen molar-refractivity contribution < 1.29 is 17.9 Å². The van der Waals surface area contributed by atoms with Crippen LogP contribution in [0.15, 0.2) is 0 Å². The van der Waals surface area contributed by atoms with Gasteiger partial charge < -0.3 is 4.74 Å². The van der Waals surface area contributed by atoms with Crippen LogP contribution in [0.5, 0.6) is 0 Å². The molecule has 7 heteroatoms. The Kier molecular flexibility index (Phi) is 8.15. The maximum absolute atomic E-state index is 12.9. The molecule has 1 aliphatic carbocycles. The van der Waals surface area contributed by atoms with Crippen molar-refractivity contribution in [1.82, 2.24) is 9.03 Å². The molecule has 0 saturated heterocycles. The molecule has 0 spiro atoms. The third kappa shape index (κ3) is 6.01. The Balaban J connectivity index is 2.93. The summed E-state index contributed by atoms with van der Waals surface area (Å²) in [5.74, 6) is 0.363. The van der Waals surface area contributed by atoms with Gasteiger partial charge in [0, 0.05) is 13.1 Å². The van der Waals surface area contributed by atoms with Gasteiger partial charge in [-0.1, -0.05) is 40.5 Å². The van der Waals surface area contributed by atoms with Crippen molar-refractivity contribution in [3.63, 3.8) is 0 Å². The molecule has 0 unspecified atom stereocenters. The summed E-state index contributed by atoms with van der Waals surface area (Å²) in [6, 6.07) is 0. The Hall–Kier alpha value is -0.660. The van der Waals surface area contributed by atoms with Gasteiger partial charge in [0.2, 0.25) is 0 Å². The first-order valence-electron chi connectivity index (χ1n) is 9.00. The number of methoxy groups -OCH3 is 1. The second-order valence-corrected chi connectivity index (χ2v) is 9.32. The Labute approximate surface area is 147 Å². The number of ether oxygens (including phenoxy) is 1. The highest BCUT2D eigenvalue weighted by atomic mass is 32.2. The van der Waals surface area contributed by atoms with Crippen molar-refractivity contribution in [2.75, 3.05) is 20.2 Å². The molecular formula is C17H34N2O4S. The van der Waals surface area contributed by atoms with Gasteiger partial charge in [0.1, 0.15) is 5.54 Å². The van der Waals surface area contributed by atoms with Gasteiger partial charge in [-0.15, -0.1) is 0 Å². The van der Waals surface area contributed by atoms with Crippen LogP contribution in [0.25, 0.3) is 0 Å².